The lowest BCUT2D eigenvalue weighted by atomic mass is 10.0. The summed E-state index contributed by atoms with van der Waals surface area (Å²) in [5.74, 6) is 0.525. The van der Waals surface area contributed by atoms with E-state index in [0.717, 1.165) is 23.1 Å². The number of aryl methyl sites for hydroxylation is 1. The third kappa shape index (κ3) is 1.93. The quantitative estimate of drug-likeness (QED) is 0.791. The van der Waals surface area contributed by atoms with Crippen LogP contribution in [0.1, 0.15) is 30.5 Å². The fourth-order valence-corrected chi connectivity index (χ4v) is 2.68. The maximum atomic E-state index is 6.15. The van der Waals surface area contributed by atoms with E-state index in [-0.39, 0.29) is 6.04 Å². The van der Waals surface area contributed by atoms with Gasteiger partial charge in [0.25, 0.3) is 0 Å². The van der Waals surface area contributed by atoms with Crippen LogP contribution in [-0.2, 0) is 0 Å². The Kier molecular flexibility index (Phi) is 3.14. The van der Waals surface area contributed by atoms with Crippen molar-refractivity contribution >= 4 is 17.1 Å². The number of nitrogens with two attached hydrogens (primary N) is 1. The minimum absolute atomic E-state index is 0.162. The largest absolute Gasteiger partial charge is 0.369 e. The van der Waals surface area contributed by atoms with Gasteiger partial charge in [-0.1, -0.05) is 37.3 Å². The molecule has 0 fully saturated rings. The van der Waals surface area contributed by atoms with Crippen LogP contribution < -0.4 is 5.73 Å². The van der Waals surface area contributed by atoms with Crippen molar-refractivity contribution in [1.29, 1.82) is 0 Å². The standard InChI is InChI=1S/C16H18N4/c1-3-13(12-7-5-4-6-8-12)20-15-14(19-16(20)17)11(2)9-10-18-15/h4-10,13H,3H2,1-2H3,(H2,17,19). The number of anilines is 1. The van der Waals surface area contributed by atoms with Crippen molar-refractivity contribution in [2.24, 2.45) is 0 Å². The van der Waals surface area contributed by atoms with Crippen molar-refractivity contribution in [3.8, 4) is 0 Å². The summed E-state index contributed by atoms with van der Waals surface area (Å²) in [5, 5.41) is 0. The number of nitrogens with zero attached hydrogens (tertiary/aromatic N) is 3. The lowest BCUT2D eigenvalue weighted by molar-refractivity contribution is 0.585. The monoisotopic (exact) mass is 266 g/mol. The number of fused-ring (bicyclic) bond motifs is 1. The Hall–Kier alpha value is -2.36. The first-order valence-electron chi connectivity index (χ1n) is 6.86. The molecule has 3 rings (SSSR count). The summed E-state index contributed by atoms with van der Waals surface area (Å²) in [6.07, 6.45) is 2.75. The second-order valence-electron chi connectivity index (χ2n) is 4.97. The molecule has 0 aliphatic carbocycles. The second kappa shape index (κ2) is 4.96. The summed E-state index contributed by atoms with van der Waals surface area (Å²) in [5.41, 5.74) is 10.2. The molecule has 1 unspecified atom stereocenters. The van der Waals surface area contributed by atoms with Gasteiger partial charge in [-0.25, -0.2) is 9.97 Å². The summed E-state index contributed by atoms with van der Waals surface area (Å²) in [6.45, 7) is 4.18. The molecule has 0 spiro atoms. The highest BCUT2D eigenvalue weighted by Crippen LogP contribution is 2.29. The van der Waals surface area contributed by atoms with Crippen LogP contribution in [0.4, 0.5) is 5.95 Å². The SMILES string of the molecule is CCC(c1ccccc1)n1c(N)nc2c(C)ccnc21. The number of nitrogen functional groups attached to an aromatic ring is 1. The Bertz CT molecular complexity index is 731. The molecule has 0 saturated carbocycles. The molecule has 1 aromatic carbocycles. The van der Waals surface area contributed by atoms with E-state index in [0.29, 0.717) is 5.95 Å². The number of imidazole rings is 1. The zero-order valence-electron chi connectivity index (χ0n) is 11.7. The van der Waals surface area contributed by atoms with Gasteiger partial charge in [-0.15, -0.1) is 0 Å². The van der Waals surface area contributed by atoms with Crippen LogP contribution in [0, 0.1) is 6.92 Å². The van der Waals surface area contributed by atoms with Crippen LogP contribution >= 0.6 is 0 Å². The summed E-state index contributed by atoms with van der Waals surface area (Å²) < 4.78 is 2.04. The maximum absolute atomic E-state index is 6.15. The molecule has 2 N–H and O–H groups in total. The molecule has 102 valence electrons. The zero-order valence-corrected chi connectivity index (χ0v) is 11.7. The smallest absolute Gasteiger partial charge is 0.203 e. The average molecular weight is 266 g/mol. The predicted molar refractivity (Wildman–Crippen MR) is 81.5 cm³/mol. The van der Waals surface area contributed by atoms with Gasteiger partial charge < -0.3 is 5.73 Å². The molecule has 0 bridgehead atoms. The molecule has 2 aromatic heterocycles. The third-order valence-electron chi connectivity index (χ3n) is 3.69. The van der Waals surface area contributed by atoms with Gasteiger partial charge in [-0.2, -0.15) is 0 Å². The Morgan fingerprint density at radius 3 is 2.65 bits per heavy atom. The van der Waals surface area contributed by atoms with Crippen LogP contribution in [-0.4, -0.2) is 14.5 Å². The number of pyridine rings is 1. The average Bonchev–Trinajstić information content (AvgIpc) is 2.80. The van der Waals surface area contributed by atoms with Crippen LogP contribution in [0.15, 0.2) is 42.6 Å². The second-order valence-corrected chi connectivity index (χ2v) is 4.97. The highest BCUT2D eigenvalue weighted by Gasteiger charge is 2.19. The van der Waals surface area contributed by atoms with Crippen molar-refractivity contribution < 1.29 is 0 Å². The maximum Gasteiger partial charge on any atom is 0.203 e. The number of hydrogen-bond acceptors (Lipinski definition) is 3. The van der Waals surface area contributed by atoms with Crippen molar-refractivity contribution in [3.63, 3.8) is 0 Å². The highest BCUT2D eigenvalue weighted by molar-refractivity contribution is 5.77. The molecule has 0 aliphatic rings. The fourth-order valence-electron chi connectivity index (χ4n) is 2.68. The van der Waals surface area contributed by atoms with Gasteiger partial charge in [0.1, 0.15) is 5.52 Å². The number of hydrogen-bond donors (Lipinski definition) is 1. The van der Waals surface area contributed by atoms with Crippen molar-refractivity contribution in [2.45, 2.75) is 26.3 Å². The molecule has 2 heterocycles. The van der Waals surface area contributed by atoms with E-state index in [1.54, 1.807) is 0 Å². The number of rotatable bonds is 3. The molecule has 4 nitrogen and oxygen atoms in total. The minimum Gasteiger partial charge on any atom is -0.369 e. The minimum atomic E-state index is 0.162. The summed E-state index contributed by atoms with van der Waals surface area (Å²) in [7, 11) is 0. The van der Waals surface area contributed by atoms with Crippen molar-refractivity contribution in [1.82, 2.24) is 14.5 Å². The van der Waals surface area contributed by atoms with E-state index in [9.17, 15) is 0 Å². The fraction of sp³-hybridized carbons (Fsp3) is 0.250. The molecule has 1 atom stereocenters. The van der Waals surface area contributed by atoms with Crippen LogP contribution in [0.5, 0.6) is 0 Å². The Balaban J connectivity index is 2.22. The van der Waals surface area contributed by atoms with Gasteiger partial charge in [-0.05, 0) is 30.5 Å². The molecule has 0 aliphatic heterocycles. The van der Waals surface area contributed by atoms with Gasteiger partial charge in [-0.3, -0.25) is 4.57 Å². The molecule has 3 aromatic rings. The predicted octanol–water partition coefficient (Wildman–Crippen LogP) is 3.32. The van der Waals surface area contributed by atoms with E-state index >= 15 is 0 Å². The van der Waals surface area contributed by atoms with Crippen LogP contribution in [0.25, 0.3) is 11.2 Å². The number of benzene rings is 1. The van der Waals surface area contributed by atoms with Crippen molar-refractivity contribution in [2.75, 3.05) is 5.73 Å². The molecule has 0 amide bonds. The van der Waals surface area contributed by atoms with Gasteiger partial charge in [0.05, 0.1) is 6.04 Å². The molecule has 4 heteroatoms. The Morgan fingerprint density at radius 1 is 1.20 bits per heavy atom. The van der Waals surface area contributed by atoms with E-state index in [1.165, 1.54) is 5.56 Å². The Labute approximate surface area is 118 Å². The summed E-state index contributed by atoms with van der Waals surface area (Å²) in [4.78, 5) is 8.96. The molecular weight excluding hydrogens is 248 g/mol. The molecule has 0 radical (unpaired) electrons. The van der Waals surface area contributed by atoms with Gasteiger partial charge in [0.2, 0.25) is 5.95 Å². The third-order valence-corrected chi connectivity index (χ3v) is 3.69. The first-order valence-corrected chi connectivity index (χ1v) is 6.86. The van der Waals surface area contributed by atoms with Gasteiger partial charge >= 0.3 is 0 Å². The first-order chi connectivity index (χ1) is 9.72. The lowest BCUT2D eigenvalue weighted by Gasteiger charge is -2.19. The Morgan fingerprint density at radius 2 is 1.95 bits per heavy atom. The lowest BCUT2D eigenvalue weighted by Crippen LogP contribution is -2.13. The van der Waals surface area contributed by atoms with Gasteiger partial charge in [0, 0.05) is 6.20 Å². The van der Waals surface area contributed by atoms with E-state index in [2.05, 4.69) is 29.0 Å². The summed E-state index contributed by atoms with van der Waals surface area (Å²) in [6, 6.07) is 12.5. The molecular formula is C16H18N4. The summed E-state index contributed by atoms with van der Waals surface area (Å²) >= 11 is 0. The molecule has 0 saturated heterocycles. The highest BCUT2D eigenvalue weighted by atomic mass is 15.2. The van der Waals surface area contributed by atoms with E-state index in [1.807, 2.05) is 42.0 Å². The zero-order chi connectivity index (χ0) is 14.1. The van der Waals surface area contributed by atoms with Gasteiger partial charge in [0.15, 0.2) is 5.65 Å². The van der Waals surface area contributed by atoms with Crippen LogP contribution in [0.3, 0.4) is 0 Å². The van der Waals surface area contributed by atoms with E-state index in [4.69, 9.17) is 5.73 Å². The topological polar surface area (TPSA) is 56.7 Å². The normalized spacial score (nSPS) is 12.7. The van der Waals surface area contributed by atoms with E-state index < -0.39 is 0 Å². The molecule has 20 heavy (non-hydrogen) atoms. The van der Waals surface area contributed by atoms with Crippen LogP contribution in [0.2, 0.25) is 0 Å². The number of aromatic nitrogens is 3. The first kappa shape index (κ1) is 12.7. The van der Waals surface area contributed by atoms with Crippen molar-refractivity contribution in [3.05, 3.63) is 53.7 Å².